The summed E-state index contributed by atoms with van der Waals surface area (Å²) in [7, 11) is 0. The van der Waals surface area contributed by atoms with Crippen molar-refractivity contribution in [3.8, 4) is 11.3 Å². The highest BCUT2D eigenvalue weighted by atomic mass is 15.3. The Balaban J connectivity index is 1.55. The molecule has 0 atom stereocenters. The van der Waals surface area contributed by atoms with E-state index in [1.807, 2.05) is 16.8 Å². The van der Waals surface area contributed by atoms with Crippen LogP contribution in [0.1, 0.15) is 45.1 Å². The van der Waals surface area contributed by atoms with Crippen LogP contribution in [0, 0.1) is 18.8 Å². The zero-order valence-electron chi connectivity index (χ0n) is 15.9. The molecule has 4 heteroatoms. The van der Waals surface area contributed by atoms with Crippen LogP contribution in [0.15, 0.2) is 42.6 Å². The van der Waals surface area contributed by atoms with E-state index in [0.717, 1.165) is 34.6 Å². The molecule has 0 spiro atoms. The first-order valence-electron chi connectivity index (χ1n) is 9.78. The van der Waals surface area contributed by atoms with E-state index >= 15 is 0 Å². The van der Waals surface area contributed by atoms with Crippen LogP contribution in [0.25, 0.3) is 16.9 Å². The van der Waals surface area contributed by atoms with E-state index in [1.54, 1.807) is 0 Å². The van der Waals surface area contributed by atoms with E-state index in [9.17, 15) is 0 Å². The number of nitrogens with zero attached hydrogens (tertiary/aromatic N) is 3. The Labute approximate surface area is 155 Å². The van der Waals surface area contributed by atoms with Crippen molar-refractivity contribution in [1.29, 1.82) is 0 Å². The maximum Gasteiger partial charge on any atom is 0.154 e. The van der Waals surface area contributed by atoms with Gasteiger partial charge >= 0.3 is 0 Å². The van der Waals surface area contributed by atoms with Crippen LogP contribution in [0.5, 0.6) is 0 Å². The lowest BCUT2D eigenvalue weighted by Crippen LogP contribution is -2.28. The van der Waals surface area contributed by atoms with Crippen molar-refractivity contribution >= 4 is 11.5 Å². The molecular weight excluding hydrogens is 320 g/mol. The van der Waals surface area contributed by atoms with Gasteiger partial charge in [0.25, 0.3) is 0 Å². The number of rotatable bonds is 4. The fraction of sp³-hybridized carbons (Fsp3) is 0.455. The van der Waals surface area contributed by atoms with Gasteiger partial charge in [0, 0.05) is 11.6 Å². The third kappa shape index (κ3) is 3.46. The molecule has 1 N–H and O–H groups in total. The minimum absolute atomic E-state index is 0.529. The predicted molar refractivity (Wildman–Crippen MR) is 107 cm³/mol. The maximum absolute atomic E-state index is 4.83. The van der Waals surface area contributed by atoms with E-state index < -0.39 is 0 Å². The van der Waals surface area contributed by atoms with Crippen LogP contribution < -0.4 is 5.32 Å². The summed E-state index contributed by atoms with van der Waals surface area (Å²) < 4.78 is 1.96. The molecule has 26 heavy (non-hydrogen) atoms. The molecule has 1 aromatic carbocycles. The number of hydrogen-bond acceptors (Lipinski definition) is 3. The standard InChI is InChI=1S/C22H28N4/c1-15(2)17-7-9-19(10-8-17)24-21-11-12-22-23-14-20(26(22)25-21)18-6-4-5-16(3)13-18/h4-6,11-15,17,19H,7-10H2,1-3H3,(H,24,25)/t17-,19-. The molecule has 1 aliphatic rings. The van der Waals surface area contributed by atoms with Crippen LogP contribution in [0.3, 0.4) is 0 Å². The summed E-state index contributed by atoms with van der Waals surface area (Å²) in [6, 6.07) is 13.1. The Hall–Kier alpha value is -2.36. The van der Waals surface area contributed by atoms with E-state index in [0.29, 0.717) is 6.04 Å². The van der Waals surface area contributed by atoms with Crippen molar-refractivity contribution in [2.75, 3.05) is 5.32 Å². The number of anilines is 1. The van der Waals surface area contributed by atoms with Crippen LogP contribution >= 0.6 is 0 Å². The Morgan fingerprint density at radius 1 is 1.08 bits per heavy atom. The molecule has 4 nitrogen and oxygen atoms in total. The van der Waals surface area contributed by atoms with Crippen molar-refractivity contribution in [3.05, 3.63) is 48.2 Å². The van der Waals surface area contributed by atoms with Gasteiger partial charge in [0.1, 0.15) is 5.82 Å². The molecule has 2 heterocycles. The predicted octanol–water partition coefficient (Wildman–Crippen LogP) is 5.33. The Bertz CT molecular complexity index is 888. The minimum atomic E-state index is 0.529. The van der Waals surface area contributed by atoms with E-state index in [-0.39, 0.29) is 0 Å². The first kappa shape index (κ1) is 17.1. The van der Waals surface area contributed by atoms with Crippen molar-refractivity contribution in [3.63, 3.8) is 0 Å². The summed E-state index contributed by atoms with van der Waals surface area (Å²) >= 11 is 0. The van der Waals surface area contributed by atoms with E-state index in [1.165, 1.54) is 31.2 Å². The highest BCUT2D eigenvalue weighted by Gasteiger charge is 2.23. The molecule has 0 radical (unpaired) electrons. The fourth-order valence-electron chi connectivity index (χ4n) is 4.09. The Morgan fingerprint density at radius 3 is 2.62 bits per heavy atom. The first-order valence-corrected chi connectivity index (χ1v) is 9.78. The molecule has 0 aliphatic heterocycles. The zero-order valence-corrected chi connectivity index (χ0v) is 15.9. The van der Waals surface area contributed by atoms with Gasteiger partial charge in [-0.15, -0.1) is 5.10 Å². The van der Waals surface area contributed by atoms with Gasteiger partial charge in [-0.05, 0) is 62.6 Å². The SMILES string of the molecule is Cc1cccc(-c2cnc3ccc(N[C@H]4CC[C@H](C(C)C)CC4)nn23)c1. The Morgan fingerprint density at radius 2 is 1.88 bits per heavy atom. The lowest BCUT2D eigenvalue weighted by atomic mass is 9.80. The molecule has 0 amide bonds. The molecule has 0 bridgehead atoms. The zero-order chi connectivity index (χ0) is 18.1. The van der Waals surface area contributed by atoms with Crippen LogP contribution in [0.4, 0.5) is 5.82 Å². The van der Waals surface area contributed by atoms with Crippen molar-refractivity contribution in [2.24, 2.45) is 11.8 Å². The second-order valence-corrected chi connectivity index (χ2v) is 8.00. The summed E-state index contributed by atoms with van der Waals surface area (Å²) in [6.07, 6.45) is 7.01. The van der Waals surface area contributed by atoms with E-state index in [2.05, 4.69) is 61.4 Å². The highest BCUT2D eigenvalue weighted by Crippen LogP contribution is 2.31. The molecule has 0 unspecified atom stereocenters. The molecule has 2 aromatic heterocycles. The summed E-state index contributed by atoms with van der Waals surface area (Å²) in [6.45, 7) is 6.81. The normalized spacial score (nSPS) is 20.6. The number of imidazole rings is 1. The highest BCUT2D eigenvalue weighted by molar-refractivity contribution is 5.64. The average molecular weight is 348 g/mol. The van der Waals surface area contributed by atoms with Crippen LogP contribution in [-0.4, -0.2) is 20.6 Å². The monoisotopic (exact) mass is 348 g/mol. The van der Waals surface area contributed by atoms with Crippen molar-refractivity contribution in [1.82, 2.24) is 14.6 Å². The largest absolute Gasteiger partial charge is 0.366 e. The van der Waals surface area contributed by atoms with Gasteiger partial charge in [-0.1, -0.05) is 37.6 Å². The van der Waals surface area contributed by atoms with Gasteiger partial charge < -0.3 is 5.32 Å². The quantitative estimate of drug-likeness (QED) is 0.693. The minimum Gasteiger partial charge on any atom is -0.366 e. The summed E-state index contributed by atoms with van der Waals surface area (Å²) in [5.41, 5.74) is 4.32. The molecule has 136 valence electrons. The number of hydrogen-bond donors (Lipinski definition) is 1. The van der Waals surface area contributed by atoms with Gasteiger partial charge in [0.2, 0.25) is 0 Å². The summed E-state index contributed by atoms with van der Waals surface area (Å²) in [5.74, 6) is 2.62. The van der Waals surface area contributed by atoms with Crippen molar-refractivity contribution < 1.29 is 0 Å². The topological polar surface area (TPSA) is 42.2 Å². The summed E-state index contributed by atoms with van der Waals surface area (Å²) in [5, 5.41) is 8.49. The smallest absolute Gasteiger partial charge is 0.154 e. The fourth-order valence-corrected chi connectivity index (χ4v) is 4.09. The van der Waals surface area contributed by atoms with Crippen molar-refractivity contribution in [2.45, 2.75) is 52.5 Å². The lowest BCUT2D eigenvalue weighted by Gasteiger charge is -2.31. The maximum atomic E-state index is 4.83. The number of aryl methyl sites for hydroxylation is 1. The lowest BCUT2D eigenvalue weighted by molar-refractivity contribution is 0.266. The first-order chi connectivity index (χ1) is 12.6. The molecule has 4 rings (SSSR count). The second-order valence-electron chi connectivity index (χ2n) is 8.00. The van der Waals surface area contributed by atoms with Gasteiger partial charge in [0.05, 0.1) is 11.9 Å². The molecule has 1 saturated carbocycles. The third-order valence-electron chi connectivity index (χ3n) is 5.74. The molecule has 1 fully saturated rings. The Kier molecular flexibility index (Phi) is 4.66. The molecule has 1 aliphatic carbocycles. The number of aromatic nitrogens is 3. The van der Waals surface area contributed by atoms with Gasteiger partial charge in [-0.2, -0.15) is 0 Å². The number of benzene rings is 1. The molecule has 3 aromatic rings. The van der Waals surface area contributed by atoms with Gasteiger partial charge in [-0.25, -0.2) is 9.50 Å². The average Bonchev–Trinajstić information content (AvgIpc) is 3.05. The number of nitrogens with one attached hydrogen (secondary N) is 1. The van der Waals surface area contributed by atoms with Gasteiger partial charge in [0.15, 0.2) is 5.65 Å². The molecular formula is C22H28N4. The van der Waals surface area contributed by atoms with E-state index in [4.69, 9.17) is 5.10 Å². The third-order valence-corrected chi connectivity index (χ3v) is 5.74. The van der Waals surface area contributed by atoms with Gasteiger partial charge in [-0.3, -0.25) is 0 Å². The summed E-state index contributed by atoms with van der Waals surface area (Å²) in [4.78, 5) is 4.51. The second kappa shape index (κ2) is 7.10. The molecule has 0 saturated heterocycles. The van der Waals surface area contributed by atoms with Crippen LogP contribution in [-0.2, 0) is 0 Å². The van der Waals surface area contributed by atoms with Crippen LogP contribution in [0.2, 0.25) is 0 Å². The number of fused-ring (bicyclic) bond motifs is 1.